The highest BCUT2D eigenvalue weighted by Gasteiger charge is 2.00. The SMILES string of the molecule is Cc1ccc(=O)n(CC(C)C)c1.Cc1ccc(=O)n(CCC(C)C)c1.Cc1ccn(CCC(C)C)c(=O)c1. The molecule has 0 aliphatic heterocycles. The van der Waals surface area contributed by atoms with Gasteiger partial charge in [-0.2, -0.15) is 0 Å². The molecule has 0 bridgehead atoms. The molecule has 3 rings (SSSR count). The predicted octanol–water partition coefficient (Wildman–Crippen LogP) is 6.22. The van der Waals surface area contributed by atoms with Crippen LogP contribution in [0.15, 0.2) is 69.4 Å². The van der Waals surface area contributed by atoms with Crippen LogP contribution < -0.4 is 16.7 Å². The molecule has 0 saturated carbocycles. The van der Waals surface area contributed by atoms with Gasteiger partial charge in [-0.3, -0.25) is 14.4 Å². The predicted molar refractivity (Wildman–Crippen MR) is 160 cm³/mol. The average Bonchev–Trinajstić information content (AvgIpc) is 2.82. The van der Waals surface area contributed by atoms with Gasteiger partial charge < -0.3 is 13.7 Å². The molecule has 0 fully saturated rings. The van der Waals surface area contributed by atoms with Crippen LogP contribution in [0.1, 0.15) is 71.1 Å². The molecule has 210 valence electrons. The topological polar surface area (TPSA) is 66.0 Å². The Morgan fingerprint density at radius 3 is 1.50 bits per heavy atom. The first-order chi connectivity index (χ1) is 17.8. The molecule has 0 aliphatic rings. The second kappa shape index (κ2) is 16.6. The van der Waals surface area contributed by atoms with Crippen molar-refractivity contribution < 1.29 is 0 Å². The third kappa shape index (κ3) is 13.4. The van der Waals surface area contributed by atoms with Gasteiger partial charge in [0, 0.05) is 56.4 Å². The summed E-state index contributed by atoms with van der Waals surface area (Å²) in [5.41, 5.74) is 3.62. The van der Waals surface area contributed by atoms with Crippen molar-refractivity contribution in [3.63, 3.8) is 0 Å². The summed E-state index contributed by atoms with van der Waals surface area (Å²) in [6.45, 7) is 21.3. The number of aryl methyl sites for hydroxylation is 5. The first kappa shape index (κ1) is 32.9. The summed E-state index contributed by atoms with van der Waals surface area (Å²) in [7, 11) is 0. The molecule has 38 heavy (non-hydrogen) atoms. The Hall–Kier alpha value is -3.15. The van der Waals surface area contributed by atoms with Crippen LogP contribution in [0.3, 0.4) is 0 Å². The van der Waals surface area contributed by atoms with Gasteiger partial charge in [-0.15, -0.1) is 0 Å². The van der Waals surface area contributed by atoms with E-state index < -0.39 is 0 Å². The van der Waals surface area contributed by atoms with Crippen molar-refractivity contribution in [1.29, 1.82) is 0 Å². The Balaban J connectivity index is 0.000000285. The third-order valence-corrected chi connectivity index (χ3v) is 5.87. The van der Waals surface area contributed by atoms with Crippen LogP contribution in [0.25, 0.3) is 0 Å². The number of hydrogen-bond acceptors (Lipinski definition) is 3. The van der Waals surface area contributed by atoms with Gasteiger partial charge in [-0.1, -0.05) is 53.7 Å². The highest BCUT2D eigenvalue weighted by molar-refractivity contribution is 5.08. The minimum Gasteiger partial charge on any atom is -0.316 e. The molecule has 0 radical (unpaired) electrons. The Morgan fingerprint density at radius 1 is 0.553 bits per heavy atom. The number of pyridine rings is 3. The lowest BCUT2D eigenvalue weighted by Gasteiger charge is -2.08. The molecule has 0 unspecified atom stereocenters. The summed E-state index contributed by atoms with van der Waals surface area (Å²) in [5, 5.41) is 0. The first-order valence-corrected chi connectivity index (χ1v) is 13.8. The van der Waals surface area contributed by atoms with Gasteiger partial charge in [0.05, 0.1) is 0 Å². The molecule has 6 heteroatoms. The van der Waals surface area contributed by atoms with E-state index in [0.29, 0.717) is 17.8 Å². The molecule has 0 aliphatic carbocycles. The summed E-state index contributed by atoms with van der Waals surface area (Å²) in [5.74, 6) is 1.81. The van der Waals surface area contributed by atoms with Crippen molar-refractivity contribution in [2.75, 3.05) is 0 Å². The van der Waals surface area contributed by atoms with Crippen LogP contribution in [0.5, 0.6) is 0 Å². The Labute approximate surface area is 229 Å². The van der Waals surface area contributed by atoms with E-state index in [1.165, 1.54) is 0 Å². The minimum absolute atomic E-state index is 0.0919. The first-order valence-electron chi connectivity index (χ1n) is 13.8. The summed E-state index contributed by atoms with van der Waals surface area (Å²) in [6.07, 6.45) is 7.82. The van der Waals surface area contributed by atoms with E-state index in [-0.39, 0.29) is 16.7 Å². The monoisotopic (exact) mass is 523 g/mol. The molecule has 0 N–H and O–H groups in total. The Bertz CT molecular complexity index is 1280. The molecule has 0 amide bonds. The van der Waals surface area contributed by atoms with Crippen LogP contribution in [-0.4, -0.2) is 13.7 Å². The zero-order valence-electron chi connectivity index (χ0n) is 25.0. The molecule has 0 spiro atoms. The minimum atomic E-state index is 0.0919. The van der Waals surface area contributed by atoms with E-state index in [0.717, 1.165) is 49.2 Å². The van der Waals surface area contributed by atoms with Crippen LogP contribution >= 0.6 is 0 Å². The second-order valence-electron chi connectivity index (χ2n) is 11.4. The van der Waals surface area contributed by atoms with Gasteiger partial charge in [0.25, 0.3) is 16.7 Å². The van der Waals surface area contributed by atoms with Crippen molar-refractivity contribution >= 4 is 0 Å². The molecule has 0 saturated heterocycles. The number of aromatic nitrogens is 3. The normalized spacial score (nSPS) is 10.7. The fourth-order valence-electron chi connectivity index (χ4n) is 3.60. The Kier molecular flexibility index (Phi) is 14.4. The zero-order valence-corrected chi connectivity index (χ0v) is 25.0. The van der Waals surface area contributed by atoms with Crippen molar-refractivity contribution in [1.82, 2.24) is 13.7 Å². The van der Waals surface area contributed by atoms with Gasteiger partial charge in [-0.25, -0.2) is 0 Å². The maximum atomic E-state index is 11.4. The number of rotatable bonds is 8. The molecule has 3 heterocycles. The van der Waals surface area contributed by atoms with E-state index in [4.69, 9.17) is 0 Å². The maximum absolute atomic E-state index is 11.4. The van der Waals surface area contributed by atoms with Crippen molar-refractivity contribution in [2.45, 2.75) is 94.8 Å². The van der Waals surface area contributed by atoms with E-state index in [1.807, 2.05) is 57.6 Å². The maximum Gasteiger partial charge on any atom is 0.250 e. The fraction of sp³-hybridized carbons (Fsp3) is 0.531. The average molecular weight is 524 g/mol. The third-order valence-electron chi connectivity index (χ3n) is 5.87. The highest BCUT2D eigenvalue weighted by atomic mass is 16.1. The zero-order chi connectivity index (χ0) is 28.8. The Morgan fingerprint density at radius 2 is 1.03 bits per heavy atom. The lowest BCUT2D eigenvalue weighted by Crippen LogP contribution is -2.20. The molecular formula is C32H49N3O3. The summed E-state index contributed by atoms with van der Waals surface area (Å²) >= 11 is 0. The van der Waals surface area contributed by atoms with E-state index in [2.05, 4.69) is 41.5 Å². The van der Waals surface area contributed by atoms with Crippen LogP contribution in [0.4, 0.5) is 0 Å². The smallest absolute Gasteiger partial charge is 0.250 e. The molecule has 0 atom stereocenters. The lowest BCUT2D eigenvalue weighted by atomic mass is 10.1. The lowest BCUT2D eigenvalue weighted by molar-refractivity contribution is 0.507. The molecule has 3 aromatic heterocycles. The molecule has 6 nitrogen and oxygen atoms in total. The van der Waals surface area contributed by atoms with Gasteiger partial charge >= 0.3 is 0 Å². The van der Waals surface area contributed by atoms with Gasteiger partial charge in [0.15, 0.2) is 0 Å². The molecule has 0 aromatic carbocycles. The van der Waals surface area contributed by atoms with E-state index >= 15 is 0 Å². The highest BCUT2D eigenvalue weighted by Crippen LogP contribution is 2.02. The number of nitrogens with zero attached hydrogens (tertiary/aromatic N) is 3. The number of hydrogen-bond donors (Lipinski definition) is 0. The van der Waals surface area contributed by atoms with Gasteiger partial charge in [0.1, 0.15) is 0 Å². The summed E-state index contributed by atoms with van der Waals surface area (Å²) < 4.78 is 5.32. The molecular weight excluding hydrogens is 474 g/mol. The standard InChI is InChI=1S/2C11H17NO.C10H15NO/c1-9(2)4-6-12-7-5-10(3)8-11(12)13;1-9(2)6-7-12-8-10(3)4-5-11(12)13;1-8(2)6-11-7-9(3)4-5-10(11)12/h5,7-9H,4,6H2,1-3H3;4-5,8-9H,6-7H2,1-3H3;4-5,7-8H,6H2,1-3H3. The van der Waals surface area contributed by atoms with Crippen LogP contribution in [-0.2, 0) is 19.6 Å². The van der Waals surface area contributed by atoms with Crippen LogP contribution in [0, 0.1) is 38.5 Å². The molecule has 3 aromatic rings. The largest absolute Gasteiger partial charge is 0.316 e. The van der Waals surface area contributed by atoms with Gasteiger partial charge in [0.2, 0.25) is 0 Å². The van der Waals surface area contributed by atoms with Crippen LogP contribution in [0.2, 0.25) is 0 Å². The van der Waals surface area contributed by atoms with Crippen molar-refractivity contribution in [3.8, 4) is 0 Å². The van der Waals surface area contributed by atoms with Gasteiger partial charge in [-0.05, 0) is 74.1 Å². The van der Waals surface area contributed by atoms with E-state index in [9.17, 15) is 14.4 Å². The van der Waals surface area contributed by atoms with Crippen molar-refractivity contribution in [3.05, 3.63) is 103 Å². The second-order valence-corrected chi connectivity index (χ2v) is 11.4. The summed E-state index contributed by atoms with van der Waals surface area (Å²) in [6, 6.07) is 10.6. The van der Waals surface area contributed by atoms with E-state index in [1.54, 1.807) is 31.9 Å². The van der Waals surface area contributed by atoms with Crippen molar-refractivity contribution in [2.24, 2.45) is 17.8 Å². The summed E-state index contributed by atoms with van der Waals surface area (Å²) in [4.78, 5) is 34.0. The quantitative estimate of drug-likeness (QED) is 0.352. The fourth-order valence-corrected chi connectivity index (χ4v) is 3.60.